The lowest BCUT2D eigenvalue weighted by Crippen LogP contribution is -2.23. The maximum Gasteiger partial charge on any atom is 0.258 e. The number of carbonyl (C=O) groups excluding carboxylic acids is 1. The maximum atomic E-state index is 11.5. The normalized spacial score (nSPS) is 12.6. The number of nitrogens with two attached hydrogens (primary N) is 1. The smallest absolute Gasteiger partial charge is 0.258 e. The summed E-state index contributed by atoms with van der Waals surface area (Å²) in [5, 5.41) is 3.67. The lowest BCUT2D eigenvalue weighted by Gasteiger charge is -2.09. The van der Waals surface area contributed by atoms with E-state index in [1.165, 1.54) is 11.2 Å². The van der Waals surface area contributed by atoms with Crippen molar-refractivity contribution in [3.05, 3.63) is 17.5 Å². The van der Waals surface area contributed by atoms with Gasteiger partial charge in [0.1, 0.15) is 17.5 Å². The van der Waals surface area contributed by atoms with E-state index < -0.39 is 0 Å². The Kier molecular flexibility index (Phi) is 2.67. The van der Waals surface area contributed by atoms with Gasteiger partial charge < -0.3 is 15.2 Å². The molecule has 0 aliphatic carbocycles. The number of rotatable bonds is 2. The minimum Gasteiger partial charge on any atom is -0.364 e. The summed E-state index contributed by atoms with van der Waals surface area (Å²) in [6, 6.07) is -0.294. The number of hydrogen-bond donors (Lipinski definition) is 1. The predicted molar refractivity (Wildman–Crippen MR) is 47.1 cm³/mol. The molecule has 1 amide bonds. The molecule has 5 heteroatoms. The highest BCUT2D eigenvalue weighted by atomic mass is 16.5. The van der Waals surface area contributed by atoms with Crippen LogP contribution in [0.15, 0.2) is 10.8 Å². The zero-order chi connectivity index (χ0) is 10.0. The molecule has 0 radical (unpaired) electrons. The molecule has 0 saturated carbocycles. The van der Waals surface area contributed by atoms with E-state index in [1.54, 1.807) is 21.0 Å². The third-order valence-corrected chi connectivity index (χ3v) is 1.67. The largest absolute Gasteiger partial charge is 0.364 e. The highest BCUT2D eigenvalue weighted by molar-refractivity contribution is 5.94. The fraction of sp³-hybridized carbons (Fsp3) is 0.500. The van der Waals surface area contributed by atoms with Gasteiger partial charge in [-0.3, -0.25) is 4.79 Å². The highest BCUT2D eigenvalue weighted by Crippen LogP contribution is 2.14. The quantitative estimate of drug-likeness (QED) is 0.720. The molecule has 1 aromatic heterocycles. The first-order valence-electron chi connectivity index (χ1n) is 3.95. The average molecular weight is 183 g/mol. The van der Waals surface area contributed by atoms with Crippen molar-refractivity contribution in [2.24, 2.45) is 5.73 Å². The summed E-state index contributed by atoms with van der Waals surface area (Å²) in [7, 11) is 3.33. The molecule has 2 N–H and O–H groups in total. The Hall–Kier alpha value is -1.36. The van der Waals surface area contributed by atoms with Crippen molar-refractivity contribution in [1.29, 1.82) is 0 Å². The van der Waals surface area contributed by atoms with Crippen LogP contribution >= 0.6 is 0 Å². The van der Waals surface area contributed by atoms with Crippen LogP contribution in [0.4, 0.5) is 0 Å². The van der Waals surface area contributed by atoms with E-state index in [-0.39, 0.29) is 11.9 Å². The number of carbonyl (C=O) groups is 1. The van der Waals surface area contributed by atoms with Crippen LogP contribution in [0.1, 0.15) is 29.0 Å². The fourth-order valence-electron chi connectivity index (χ4n) is 0.975. The van der Waals surface area contributed by atoms with Crippen molar-refractivity contribution in [3.8, 4) is 0 Å². The number of amides is 1. The molecule has 72 valence electrons. The summed E-state index contributed by atoms with van der Waals surface area (Å²) in [5.74, 6) is -0.145. The number of hydrogen-bond acceptors (Lipinski definition) is 4. The van der Waals surface area contributed by atoms with Gasteiger partial charge in [-0.2, -0.15) is 0 Å². The van der Waals surface area contributed by atoms with E-state index in [0.717, 1.165) is 0 Å². The van der Waals surface area contributed by atoms with E-state index in [2.05, 4.69) is 5.16 Å². The lowest BCUT2D eigenvalue weighted by atomic mass is 10.1. The van der Waals surface area contributed by atoms with Crippen molar-refractivity contribution < 1.29 is 9.32 Å². The maximum absolute atomic E-state index is 11.5. The van der Waals surface area contributed by atoms with Crippen LogP contribution in [0.5, 0.6) is 0 Å². The zero-order valence-electron chi connectivity index (χ0n) is 7.94. The van der Waals surface area contributed by atoms with Gasteiger partial charge in [-0.25, -0.2) is 0 Å². The Labute approximate surface area is 76.5 Å². The Morgan fingerprint density at radius 2 is 2.31 bits per heavy atom. The van der Waals surface area contributed by atoms with Crippen molar-refractivity contribution in [2.75, 3.05) is 14.1 Å². The molecule has 0 fully saturated rings. The average Bonchev–Trinajstić information content (AvgIpc) is 2.50. The number of nitrogens with zero attached hydrogens (tertiary/aromatic N) is 2. The van der Waals surface area contributed by atoms with Crippen LogP contribution in [0.2, 0.25) is 0 Å². The summed E-state index contributed by atoms with van der Waals surface area (Å²) < 4.78 is 4.70. The number of aromatic nitrogens is 1. The van der Waals surface area contributed by atoms with Crippen LogP contribution in [0, 0.1) is 0 Å². The SMILES string of the molecule is C[C@H](N)c1nocc1C(=O)N(C)C. The second kappa shape index (κ2) is 3.57. The molecular weight excluding hydrogens is 170 g/mol. The van der Waals surface area contributed by atoms with Crippen molar-refractivity contribution in [2.45, 2.75) is 13.0 Å². The monoisotopic (exact) mass is 183 g/mol. The van der Waals surface area contributed by atoms with Crippen LogP contribution < -0.4 is 5.73 Å². The lowest BCUT2D eigenvalue weighted by molar-refractivity contribution is 0.0825. The van der Waals surface area contributed by atoms with Crippen molar-refractivity contribution in [3.63, 3.8) is 0 Å². The molecule has 0 saturated heterocycles. The Morgan fingerprint density at radius 3 is 2.77 bits per heavy atom. The van der Waals surface area contributed by atoms with E-state index in [4.69, 9.17) is 10.3 Å². The summed E-state index contributed by atoms with van der Waals surface area (Å²) in [6.45, 7) is 1.75. The molecule has 13 heavy (non-hydrogen) atoms. The first kappa shape index (κ1) is 9.73. The second-order valence-corrected chi connectivity index (χ2v) is 3.10. The minimum atomic E-state index is -0.294. The van der Waals surface area contributed by atoms with Gasteiger partial charge in [0.2, 0.25) is 0 Å². The van der Waals surface area contributed by atoms with E-state index in [0.29, 0.717) is 11.3 Å². The van der Waals surface area contributed by atoms with Gasteiger partial charge >= 0.3 is 0 Å². The topological polar surface area (TPSA) is 72.4 Å². The van der Waals surface area contributed by atoms with Gasteiger partial charge in [0, 0.05) is 20.1 Å². The Bertz CT molecular complexity index is 304. The van der Waals surface area contributed by atoms with E-state index in [9.17, 15) is 4.79 Å². The standard InChI is InChI=1S/C8H13N3O2/c1-5(9)7-6(4-13-10-7)8(12)11(2)3/h4-5H,9H2,1-3H3/t5-/m0/s1. The van der Waals surface area contributed by atoms with Crippen LogP contribution in [-0.4, -0.2) is 30.1 Å². The summed E-state index contributed by atoms with van der Waals surface area (Å²) in [6.07, 6.45) is 1.32. The van der Waals surface area contributed by atoms with Gasteiger partial charge in [0.15, 0.2) is 0 Å². The van der Waals surface area contributed by atoms with Crippen LogP contribution in [-0.2, 0) is 0 Å². The van der Waals surface area contributed by atoms with Gasteiger partial charge in [-0.15, -0.1) is 0 Å². The molecule has 5 nitrogen and oxygen atoms in total. The summed E-state index contributed by atoms with van der Waals surface area (Å²) >= 11 is 0. The molecule has 1 rings (SSSR count). The van der Waals surface area contributed by atoms with Crippen molar-refractivity contribution in [1.82, 2.24) is 10.1 Å². The Morgan fingerprint density at radius 1 is 1.69 bits per heavy atom. The third kappa shape index (κ3) is 1.86. The van der Waals surface area contributed by atoms with Gasteiger partial charge in [-0.1, -0.05) is 5.16 Å². The summed E-state index contributed by atoms with van der Waals surface area (Å²) in [4.78, 5) is 13.0. The molecule has 0 aromatic carbocycles. The highest BCUT2D eigenvalue weighted by Gasteiger charge is 2.19. The van der Waals surface area contributed by atoms with Gasteiger partial charge in [-0.05, 0) is 6.92 Å². The molecule has 0 bridgehead atoms. The van der Waals surface area contributed by atoms with Crippen LogP contribution in [0.25, 0.3) is 0 Å². The molecule has 0 unspecified atom stereocenters. The molecule has 0 aliphatic rings. The third-order valence-electron chi connectivity index (χ3n) is 1.67. The molecule has 1 heterocycles. The van der Waals surface area contributed by atoms with E-state index in [1.807, 2.05) is 0 Å². The summed E-state index contributed by atoms with van der Waals surface area (Å²) in [5.41, 5.74) is 6.53. The molecule has 0 spiro atoms. The fourth-order valence-corrected chi connectivity index (χ4v) is 0.975. The first-order valence-corrected chi connectivity index (χ1v) is 3.95. The van der Waals surface area contributed by atoms with E-state index >= 15 is 0 Å². The minimum absolute atomic E-state index is 0.145. The molecular formula is C8H13N3O2. The van der Waals surface area contributed by atoms with Gasteiger partial charge in [0.05, 0.1) is 0 Å². The second-order valence-electron chi connectivity index (χ2n) is 3.10. The first-order chi connectivity index (χ1) is 6.04. The van der Waals surface area contributed by atoms with Crippen molar-refractivity contribution >= 4 is 5.91 Å². The van der Waals surface area contributed by atoms with Crippen LogP contribution in [0.3, 0.4) is 0 Å². The molecule has 1 atom stereocenters. The van der Waals surface area contributed by atoms with Gasteiger partial charge in [0.25, 0.3) is 5.91 Å². The Balaban J connectivity index is 3.01. The predicted octanol–water partition coefficient (Wildman–Crippen LogP) is 0.396. The molecule has 1 aromatic rings. The zero-order valence-corrected chi connectivity index (χ0v) is 7.94. The molecule has 0 aliphatic heterocycles.